The van der Waals surface area contributed by atoms with Crippen molar-refractivity contribution in [3.63, 3.8) is 0 Å². The van der Waals surface area contributed by atoms with Crippen LogP contribution in [0.5, 0.6) is 0 Å². The van der Waals surface area contributed by atoms with Gasteiger partial charge in [0.15, 0.2) is 0 Å². The molecule has 0 radical (unpaired) electrons. The van der Waals surface area contributed by atoms with E-state index >= 15 is 0 Å². The van der Waals surface area contributed by atoms with E-state index in [0.29, 0.717) is 11.8 Å². The Balaban J connectivity index is 1.67. The molecule has 0 aromatic heterocycles. The highest BCUT2D eigenvalue weighted by Crippen LogP contribution is 2.40. The van der Waals surface area contributed by atoms with Crippen molar-refractivity contribution in [1.29, 1.82) is 0 Å². The molecule has 0 spiro atoms. The van der Waals surface area contributed by atoms with Gasteiger partial charge < -0.3 is 5.11 Å². The van der Waals surface area contributed by atoms with Gasteiger partial charge in [-0.3, -0.25) is 0 Å². The Morgan fingerprint density at radius 1 is 1.00 bits per heavy atom. The average Bonchev–Trinajstić information content (AvgIpc) is 2.24. The van der Waals surface area contributed by atoms with Crippen LogP contribution in [0.3, 0.4) is 0 Å². The molecule has 1 N–H and O–H groups in total. The quantitative estimate of drug-likeness (QED) is 0.744. The smallest absolute Gasteiger partial charge is 0.0596 e. The van der Waals surface area contributed by atoms with Crippen LogP contribution < -0.4 is 0 Å². The minimum Gasteiger partial charge on any atom is -0.393 e. The summed E-state index contributed by atoms with van der Waals surface area (Å²) in [6, 6.07) is 0. The summed E-state index contributed by atoms with van der Waals surface area (Å²) in [6.07, 6.45) is 13.5. The van der Waals surface area contributed by atoms with E-state index in [1.807, 2.05) is 0 Å². The maximum Gasteiger partial charge on any atom is 0.0596 e. The zero-order valence-electron chi connectivity index (χ0n) is 10.8. The van der Waals surface area contributed by atoms with Crippen LogP contribution in [-0.2, 0) is 0 Å². The van der Waals surface area contributed by atoms with Crippen LogP contribution >= 0.6 is 0 Å². The first-order valence-electron chi connectivity index (χ1n) is 7.49. The van der Waals surface area contributed by atoms with Gasteiger partial charge in [-0.1, -0.05) is 45.4 Å². The molecule has 0 aromatic rings. The predicted octanol–water partition coefficient (Wildman–Crippen LogP) is 4.14. The Labute approximate surface area is 101 Å². The number of hydrogen-bond donors (Lipinski definition) is 1. The van der Waals surface area contributed by atoms with Crippen LogP contribution in [0, 0.1) is 17.8 Å². The molecular weight excluding hydrogens is 196 g/mol. The molecule has 1 nitrogen and oxygen atoms in total. The van der Waals surface area contributed by atoms with Crippen LogP contribution in [0.1, 0.15) is 71.1 Å². The molecule has 0 aliphatic heterocycles. The SMILES string of the molecule is CCCCC1CCC(C(O)C2CCC2)CC1. The van der Waals surface area contributed by atoms with Gasteiger partial charge in [0.2, 0.25) is 0 Å². The summed E-state index contributed by atoms with van der Waals surface area (Å²) < 4.78 is 0. The number of unbranched alkanes of at least 4 members (excludes halogenated alkanes) is 1. The van der Waals surface area contributed by atoms with E-state index in [2.05, 4.69) is 6.92 Å². The van der Waals surface area contributed by atoms with Gasteiger partial charge in [-0.15, -0.1) is 0 Å². The van der Waals surface area contributed by atoms with Gasteiger partial charge >= 0.3 is 0 Å². The molecule has 1 atom stereocenters. The highest BCUT2D eigenvalue weighted by molar-refractivity contribution is 4.85. The molecule has 94 valence electrons. The molecule has 0 bridgehead atoms. The van der Waals surface area contributed by atoms with E-state index in [9.17, 15) is 5.11 Å². The lowest BCUT2D eigenvalue weighted by molar-refractivity contribution is -0.00421. The lowest BCUT2D eigenvalue weighted by atomic mass is 9.70. The molecule has 1 unspecified atom stereocenters. The monoisotopic (exact) mass is 224 g/mol. The van der Waals surface area contributed by atoms with Crippen molar-refractivity contribution in [2.24, 2.45) is 17.8 Å². The first-order valence-corrected chi connectivity index (χ1v) is 7.49. The third-order valence-corrected chi connectivity index (χ3v) is 4.97. The van der Waals surface area contributed by atoms with E-state index in [-0.39, 0.29) is 6.10 Å². The second kappa shape index (κ2) is 6.05. The van der Waals surface area contributed by atoms with Gasteiger partial charge in [0.1, 0.15) is 0 Å². The van der Waals surface area contributed by atoms with Crippen molar-refractivity contribution in [2.75, 3.05) is 0 Å². The molecule has 2 rings (SSSR count). The lowest BCUT2D eigenvalue weighted by Crippen LogP contribution is -2.35. The van der Waals surface area contributed by atoms with E-state index in [0.717, 1.165) is 5.92 Å². The fourth-order valence-electron chi connectivity index (χ4n) is 3.48. The summed E-state index contributed by atoms with van der Waals surface area (Å²) in [6.45, 7) is 2.28. The minimum absolute atomic E-state index is 0.0425. The van der Waals surface area contributed by atoms with Gasteiger partial charge in [0, 0.05) is 0 Å². The minimum atomic E-state index is 0.0425. The largest absolute Gasteiger partial charge is 0.393 e. The first kappa shape index (κ1) is 12.4. The van der Waals surface area contributed by atoms with E-state index in [1.165, 1.54) is 64.2 Å². The van der Waals surface area contributed by atoms with Crippen molar-refractivity contribution < 1.29 is 5.11 Å². The highest BCUT2D eigenvalue weighted by Gasteiger charge is 2.33. The number of hydrogen-bond acceptors (Lipinski definition) is 1. The van der Waals surface area contributed by atoms with Crippen LogP contribution in [-0.4, -0.2) is 11.2 Å². The maximum atomic E-state index is 10.3. The average molecular weight is 224 g/mol. The van der Waals surface area contributed by atoms with Crippen LogP contribution in [0.2, 0.25) is 0 Å². The van der Waals surface area contributed by atoms with E-state index in [1.54, 1.807) is 0 Å². The Morgan fingerprint density at radius 2 is 1.62 bits per heavy atom. The molecule has 0 amide bonds. The van der Waals surface area contributed by atoms with Gasteiger partial charge in [0.25, 0.3) is 0 Å². The molecule has 2 aliphatic carbocycles. The van der Waals surface area contributed by atoms with E-state index in [4.69, 9.17) is 0 Å². The third kappa shape index (κ3) is 3.00. The summed E-state index contributed by atoms with van der Waals surface area (Å²) in [5.74, 6) is 2.28. The molecule has 0 heterocycles. The van der Waals surface area contributed by atoms with Gasteiger partial charge in [-0.25, -0.2) is 0 Å². The van der Waals surface area contributed by atoms with Gasteiger partial charge in [-0.05, 0) is 43.4 Å². The fourth-order valence-corrected chi connectivity index (χ4v) is 3.48. The summed E-state index contributed by atoms with van der Waals surface area (Å²) in [7, 11) is 0. The van der Waals surface area contributed by atoms with Crippen LogP contribution in [0.15, 0.2) is 0 Å². The number of rotatable bonds is 5. The maximum absolute atomic E-state index is 10.3. The summed E-state index contributed by atoms with van der Waals surface area (Å²) in [4.78, 5) is 0. The number of aliphatic hydroxyl groups is 1. The van der Waals surface area contributed by atoms with Crippen molar-refractivity contribution in [2.45, 2.75) is 77.2 Å². The molecule has 2 fully saturated rings. The molecule has 1 heteroatoms. The van der Waals surface area contributed by atoms with Crippen LogP contribution in [0.4, 0.5) is 0 Å². The normalized spacial score (nSPS) is 33.4. The summed E-state index contributed by atoms with van der Waals surface area (Å²) >= 11 is 0. The Morgan fingerprint density at radius 3 is 2.12 bits per heavy atom. The van der Waals surface area contributed by atoms with Crippen molar-refractivity contribution in [1.82, 2.24) is 0 Å². The van der Waals surface area contributed by atoms with E-state index < -0.39 is 0 Å². The topological polar surface area (TPSA) is 20.2 Å². The second-order valence-electron chi connectivity index (χ2n) is 6.10. The highest BCUT2D eigenvalue weighted by atomic mass is 16.3. The van der Waals surface area contributed by atoms with Gasteiger partial charge in [0.05, 0.1) is 6.10 Å². The van der Waals surface area contributed by atoms with Crippen molar-refractivity contribution in [3.8, 4) is 0 Å². The standard InChI is InChI=1S/C15H28O/c1-2-3-5-12-8-10-14(11-9-12)15(16)13-6-4-7-13/h12-16H,2-11H2,1H3. The molecular formula is C15H28O. The summed E-state index contributed by atoms with van der Waals surface area (Å²) in [5.41, 5.74) is 0. The Kier molecular flexibility index (Phi) is 4.69. The van der Waals surface area contributed by atoms with Crippen LogP contribution in [0.25, 0.3) is 0 Å². The molecule has 2 saturated carbocycles. The zero-order valence-corrected chi connectivity index (χ0v) is 10.8. The third-order valence-electron chi connectivity index (χ3n) is 4.97. The van der Waals surface area contributed by atoms with Gasteiger partial charge in [-0.2, -0.15) is 0 Å². The van der Waals surface area contributed by atoms with Crippen molar-refractivity contribution in [3.05, 3.63) is 0 Å². The Hall–Kier alpha value is -0.0400. The molecule has 0 aromatic carbocycles. The Bertz CT molecular complexity index is 190. The first-order chi connectivity index (χ1) is 7.81. The van der Waals surface area contributed by atoms with Crippen molar-refractivity contribution >= 4 is 0 Å². The molecule has 16 heavy (non-hydrogen) atoms. The molecule has 2 aliphatic rings. The molecule has 0 saturated heterocycles. The number of aliphatic hydroxyl groups excluding tert-OH is 1. The zero-order chi connectivity index (χ0) is 11.4. The predicted molar refractivity (Wildman–Crippen MR) is 68.3 cm³/mol. The second-order valence-corrected chi connectivity index (χ2v) is 6.10. The fraction of sp³-hybridized carbons (Fsp3) is 1.00. The summed E-state index contributed by atoms with van der Waals surface area (Å²) in [5, 5.41) is 10.3. The lowest BCUT2D eigenvalue weighted by Gasteiger charge is -2.38.